The molecule has 0 unspecified atom stereocenters. The summed E-state index contributed by atoms with van der Waals surface area (Å²) in [6.07, 6.45) is 0. The van der Waals surface area contributed by atoms with Gasteiger partial charge in [-0.1, -0.05) is 35.9 Å². The van der Waals surface area contributed by atoms with Gasteiger partial charge in [-0.25, -0.2) is 0 Å². The van der Waals surface area contributed by atoms with Crippen LogP contribution in [0.25, 0.3) is 10.9 Å². The average Bonchev–Trinajstić information content (AvgIpc) is 3.21. The van der Waals surface area contributed by atoms with Gasteiger partial charge in [0, 0.05) is 27.3 Å². The Morgan fingerprint density at radius 3 is 2.44 bits per heavy atom. The highest BCUT2D eigenvalue weighted by Crippen LogP contribution is 2.26. The lowest BCUT2D eigenvalue weighted by Gasteiger charge is -2.11. The van der Waals surface area contributed by atoms with E-state index >= 15 is 0 Å². The molecular weight excluding hydrogens is 430 g/mol. The number of hydrogen-bond donors (Lipinski definition) is 3. The molecule has 0 aliphatic rings. The molecule has 0 saturated carbocycles. The number of aromatic nitrogens is 1. The number of benzene rings is 3. The third-order valence-electron chi connectivity index (χ3n) is 4.66. The fraction of sp³-hybridized carbons (Fsp3) is 0.0833. The van der Waals surface area contributed by atoms with Crippen LogP contribution in [-0.2, 0) is 4.79 Å². The van der Waals surface area contributed by atoms with Crippen molar-refractivity contribution < 1.29 is 19.1 Å². The first kappa shape index (κ1) is 21.3. The topological polar surface area (TPSA) is 92.4 Å². The predicted molar refractivity (Wildman–Crippen MR) is 125 cm³/mol. The number of carbonyl (C=O) groups excluding carboxylic acids is 2. The lowest BCUT2D eigenvalue weighted by atomic mass is 10.2. The number of amides is 2. The van der Waals surface area contributed by atoms with E-state index < -0.39 is 0 Å². The van der Waals surface area contributed by atoms with E-state index in [4.69, 9.17) is 21.1 Å². The predicted octanol–water partition coefficient (Wildman–Crippen LogP) is 5.10. The summed E-state index contributed by atoms with van der Waals surface area (Å²) < 4.78 is 10.7. The zero-order valence-electron chi connectivity index (χ0n) is 17.1. The Hall–Kier alpha value is -3.97. The van der Waals surface area contributed by atoms with Gasteiger partial charge in [0.05, 0.1) is 7.11 Å². The summed E-state index contributed by atoms with van der Waals surface area (Å²) in [7, 11) is 1.53. The van der Waals surface area contributed by atoms with Crippen LogP contribution in [0, 0.1) is 0 Å². The Bertz CT molecular complexity index is 1290. The van der Waals surface area contributed by atoms with Gasteiger partial charge in [-0.15, -0.1) is 0 Å². The molecule has 0 atom stereocenters. The molecule has 4 rings (SSSR count). The van der Waals surface area contributed by atoms with Crippen LogP contribution in [0.15, 0.2) is 72.8 Å². The van der Waals surface area contributed by atoms with Crippen molar-refractivity contribution in [1.82, 2.24) is 4.98 Å². The zero-order chi connectivity index (χ0) is 22.5. The van der Waals surface area contributed by atoms with E-state index in [1.54, 1.807) is 60.7 Å². The Morgan fingerprint density at radius 2 is 1.66 bits per heavy atom. The van der Waals surface area contributed by atoms with Crippen LogP contribution in [0.3, 0.4) is 0 Å². The number of fused-ring (bicyclic) bond motifs is 1. The molecule has 3 N–H and O–H groups in total. The number of H-pyrrole nitrogens is 1. The third kappa shape index (κ3) is 5.01. The number of halogens is 1. The summed E-state index contributed by atoms with van der Waals surface area (Å²) in [5.74, 6) is 0.377. The molecule has 32 heavy (non-hydrogen) atoms. The number of aromatic amines is 1. The maximum atomic E-state index is 12.6. The molecule has 0 fully saturated rings. The molecule has 7 nitrogen and oxygen atoms in total. The smallest absolute Gasteiger partial charge is 0.272 e. The van der Waals surface area contributed by atoms with Crippen LogP contribution in [0.5, 0.6) is 11.5 Å². The molecule has 0 saturated heterocycles. The largest absolute Gasteiger partial charge is 0.493 e. The Labute approximate surface area is 189 Å². The molecule has 2 amide bonds. The number of para-hydroxylation sites is 2. The molecule has 0 spiro atoms. The first-order chi connectivity index (χ1) is 15.5. The van der Waals surface area contributed by atoms with Gasteiger partial charge in [-0.3, -0.25) is 9.59 Å². The summed E-state index contributed by atoms with van der Waals surface area (Å²) in [6, 6.07) is 21.1. The highest BCUT2D eigenvalue weighted by molar-refractivity contribution is 6.31. The second-order valence-electron chi connectivity index (χ2n) is 6.94. The quantitative estimate of drug-likeness (QED) is 0.366. The number of nitrogens with one attached hydrogen (secondary N) is 3. The molecule has 3 aromatic carbocycles. The van der Waals surface area contributed by atoms with Gasteiger partial charge in [0.2, 0.25) is 0 Å². The van der Waals surface area contributed by atoms with Crippen LogP contribution >= 0.6 is 11.6 Å². The Kier molecular flexibility index (Phi) is 6.28. The lowest BCUT2D eigenvalue weighted by molar-refractivity contribution is -0.118. The second-order valence-corrected chi connectivity index (χ2v) is 7.37. The number of carbonyl (C=O) groups is 2. The summed E-state index contributed by atoms with van der Waals surface area (Å²) in [4.78, 5) is 28.0. The maximum absolute atomic E-state index is 12.6. The summed E-state index contributed by atoms with van der Waals surface area (Å²) >= 11 is 6.00. The lowest BCUT2D eigenvalue weighted by Crippen LogP contribution is -2.20. The van der Waals surface area contributed by atoms with Crippen molar-refractivity contribution >= 4 is 45.7 Å². The van der Waals surface area contributed by atoms with Crippen LogP contribution < -0.4 is 20.1 Å². The van der Waals surface area contributed by atoms with E-state index in [9.17, 15) is 9.59 Å². The standard InChI is InChI=1S/C24H20ClN3O4/c1-31-21-7-2-3-8-22(21)32-14-23(29)26-17-5-4-6-18(13-17)27-24(30)20-11-15-9-10-16(25)12-19(15)28-20/h2-13,28H,14H2,1H3,(H,26,29)(H,27,30). The Balaban J connectivity index is 1.38. The van der Waals surface area contributed by atoms with Crippen LogP contribution in [-0.4, -0.2) is 30.5 Å². The van der Waals surface area contributed by atoms with Gasteiger partial charge in [0.15, 0.2) is 18.1 Å². The van der Waals surface area contributed by atoms with Crippen molar-refractivity contribution in [3.63, 3.8) is 0 Å². The van der Waals surface area contributed by atoms with Crippen LogP contribution in [0.1, 0.15) is 10.5 Å². The molecule has 0 aliphatic heterocycles. The Morgan fingerprint density at radius 1 is 0.906 bits per heavy atom. The van der Waals surface area contributed by atoms with E-state index in [-0.39, 0.29) is 18.4 Å². The van der Waals surface area contributed by atoms with Gasteiger partial charge < -0.3 is 25.1 Å². The molecule has 162 valence electrons. The van der Waals surface area contributed by atoms with Crippen molar-refractivity contribution in [2.45, 2.75) is 0 Å². The SMILES string of the molecule is COc1ccccc1OCC(=O)Nc1cccc(NC(=O)c2cc3ccc(Cl)cc3[nH]2)c1. The maximum Gasteiger partial charge on any atom is 0.272 e. The number of methoxy groups -OCH3 is 1. The van der Waals surface area contributed by atoms with Crippen molar-refractivity contribution in [2.24, 2.45) is 0 Å². The van der Waals surface area contributed by atoms with Crippen molar-refractivity contribution in [3.05, 3.63) is 83.5 Å². The average molecular weight is 450 g/mol. The second kappa shape index (κ2) is 9.45. The molecule has 1 heterocycles. The molecule has 0 aliphatic carbocycles. The minimum Gasteiger partial charge on any atom is -0.493 e. The fourth-order valence-corrected chi connectivity index (χ4v) is 3.35. The minimum absolute atomic E-state index is 0.186. The van der Waals surface area contributed by atoms with Gasteiger partial charge in [0.25, 0.3) is 11.8 Å². The third-order valence-corrected chi connectivity index (χ3v) is 4.90. The molecule has 0 bridgehead atoms. The van der Waals surface area contributed by atoms with Crippen LogP contribution in [0.4, 0.5) is 11.4 Å². The first-order valence-corrected chi connectivity index (χ1v) is 10.1. The highest BCUT2D eigenvalue weighted by atomic mass is 35.5. The van der Waals surface area contributed by atoms with Crippen molar-refractivity contribution in [1.29, 1.82) is 0 Å². The summed E-state index contributed by atoms with van der Waals surface area (Å²) in [6.45, 7) is -0.186. The molecule has 1 aromatic heterocycles. The van der Waals surface area contributed by atoms with Gasteiger partial charge >= 0.3 is 0 Å². The number of rotatable bonds is 7. The summed E-state index contributed by atoms with van der Waals surface area (Å²) in [5.41, 5.74) is 2.25. The highest BCUT2D eigenvalue weighted by Gasteiger charge is 2.12. The molecule has 8 heteroatoms. The van der Waals surface area contributed by atoms with E-state index in [0.717, 1.165) is 10.9 Å². The number of anilines is 2. The van der Waals surface area contributed by atoms with E-state index in [2.05, 4.69) is 15.6 Å². The fourth-order valence-electron chi connectivity index (χ4n) is 3.17. The van der Waals surface area contributed by atoms with Crippen molar-refractivity contribution in [3.8, 4) is 11.5 Å². The van der Waals surface area contributed by atoms with E-state index in [1.165, 1.54) is 7.11 Å². The van der Waals surface area contributed by atoms with E-state index in [0.29, 0.717) is 33.6 Å². The van der Waals surface area contributed by atoms with Crippen molar-refractivity contribution in [2.75, 3.05) is 24.4 Å². The summed E-state index contributed by atoms with van der Waals surface area (Å²) in [5, 5.41) is 7.04. The monoisotopic (exact) mass is 449 g/mol. The van der Waals surface area contributed by atoms with Gasteiger partial charge in [0.1, 0.15) is 5.69 Å². The molecular formula is C24H20ClN3O4. The first-order valence-electron chi connectivity index (χ1n) is 9.77. The van der Waals surface area contributed by atoms with Gasteiger partial charge in [-0.2, -0.15) is 0 Å². The van der Waals surface area contributed by atoms with Gasteiger partial charge in [-0.05, 0) is 48.5 Å². The molecule has 0 radical (unpaired) electrons. The number of ether oxygens (including phenoxy) is 2. The zero-order valence-corrected chi connectivity index (χ0v) is 17.9. The molecule has 4 aromatic rings. The van der Waals surface area contributed by atoms with Crippen LogP contribution in [0.2, 0.25) is 5.02 Å². The normalized spacial score (nSPS) is 10.6. The minimum atomic E-state index is -0.341. The number of hydrogen-bond acceptors (Lipinski definition) is 4. The van der Waals surface area contributed by atoms with E-state index in [1.807, 2.05) is 12.1 Å².